The molecule has 3 fully saturated rings. The molecule has 1 atom stereocenters. The van der Waals surface area contributed by atoms with Crippen molar-refractivity contribution in [2.45, 2.75) is 64.0 Å². The van der Waals surface area contributed by atoms with Crippen molar-refractivity contribution >= 4 is 5.91 Å². The standard InChI is InChI=1S/C18H30F2N2O2/c1-13(2)22-12-17(10-15(22)11-24-3)4-6-21(7-5-17)16(23)14-8-18(19,20)9-14/h13-15H,4-12H2,1-3H3. The van der Waals surface area contributed by atoms with Crippen LogP contribution >= 0.6 is 0 Å². The lowest BCUT2D eigenvalue weighted by molar-refractivity contribution is -0.161. The fourth-order valence-corrected chi connectivity index (χ4v) is 4.81. The molecular weight excluding hydrogens is 314 g/mol. The lowest BCUT2D eigenvalue weighted by Gasteiger charge is -2.43. The summed E-state index contributed by atoms with van der Waals surface area (Å²) in [6.45, 7) is 7.68. The molecule has 2 heterocycles. The molecule has 0 aromatic carbocycles. The fourth-order valence-electron chi connectivity index (χ4n) is 4.81. The Balaban J connectivity index is 1.56. The molecule has 1 spiro atoms. The van der Waals surface area contributed by atoms with Crippen LogP contribution in [0.3, 0.4) is 0 Å². The van der Waals surface area contributed by atoms with E-state index in [9.17, 15) is 13.6 Å². The van der Waals surface area contributed by atoms with Crippen LogP contribution in [-0.2, 0) is 9.53 Å². The summed E-state index contributed by atoms with van der Waals surface area (Å²) in [6, 6.07) is 0.934. The number of halogens is 2. The number of amides is 1. The van der Waals surface area contributed by atoms with Crippen LogP contribution in [0.25, 0.3) is 0 Å². The Morgan fingerprint density at radius 1 is 1.21 bits per heavy atom. The summed E-state index contributed by atoms with van der Waals surface area (Å²) < 4.78 is 31.4. The summed E-state index contributed by atoms with van der Waals surface area (Å²) in [5, 5.41) is 0. The van der Waals surface area contributed by atoms with Gasteiger partial charge in [0, 0.05) is 57.6 Å². The van der Waals surface area contributed by atoms with E-state index < -0.39 is 11.8 Å². The number of alkyl halides is 2. The zero-order chi connectivity index (χ0) is 17.5. The second-order valence-electron chi connectivity index (χ2n) is 8.37. The Hall–Kier alpha value is -0.750. The van der Waals surface area contributed by atoms with E-state index >= 15 is 0 Å². The largest absolute Gasteiger partial charge is 0.383 e. The number of carbonyl (C=O) groups excluding carboxylic acids is 1. The maximum Gasteiger partial charge on any atom is 0.249 e. The summed E-state index contributed by atoms with van der Waals surface area (Å²) in [7, 11) is 1.75. The number of likely N-dealkylation sites (tertiary alicyclic amines) is 2. The van der Waals surface area contributed by atoms with Gasteiger partial charge in [0.15, 0.2) is 0 Å². The van der Waals surface area contributed by atoms with Crippen molar-refractivity contribution in [3.05, 3.63) is 0 Å². The predicted molar refractivity (Wildman–Crippen MR) is 88.0 cm³/mol. The first-order chi connectivity index (χ1) is 11.3. The van der Waals surface area contributed by atoms with Crippen LogP contribution in [0.2, 0.25) is 0 Å². The number of piperidine rings is 1. The molecule has 2 aliphatic heterocycles. The monoisotopic (exact) mass is 344 g/mol. The molecular formula is C18H30F2N2O2. The van der Waals surface area contributed by atoms with E-state index in [1.165, 1.54) is 0 Å². The van der Waals surface area contributed by atoms with Gasteiger partial charge >= 0.3 is 0 Å². The second kappa shape index (κ2) is 6.52. The number of hydrogen-bond acceptors (Lipinski definition) is 3. The Labute approximate surface area is 143 Å². The highest BCUT2D eigenvalue weighted by Gasteiger charge is 2.51. The molecule has 138 valence electrons. The van der Waals surface area contributed by atoms with Gasteiger partial charge in [-0.1, -0.05) is 0 Å². The van der Waals surface area contributed by atoms with E-state index in [0.29, 0.717) is 25.2 Å². The molecule has 1 aliphatic carbocycles. The molecule has 0 bridgehead atoms. The summed E-state index contributed by atoms with van der Waals surface area (Å²) in [5.41, 5.74) is 0.258. The highest BCUT2D eigenvalue weighted by molar-refractivity contribution is 5.80. The van der Waals surface area contributed by atoms with Crippen LogP contribution in [-0.4, -0.2) is 67.1 Å². The van der Waals surface area contributed by atoms with Crippen LogP contribution in [0.1, 0.15) is 46.0 Å². The van der Waals surface area contributed by atoms with Crippen molar-refractivity contribution in [2.75, 3.05) is 33.4 Å². The number of ether oxygens (including phenoxy) is 1. The molecule has 0 radical (unpaired) electrons. The minimum atomic E-state index is -2.62. The topological polar surface area (TPSA) is 32.8 Å². The van der Waals surface area contributed by atoms with Crippen LogP contribution in [0.4, 0.5) is 8.78 Å². The summed E-state index contributed by atoms with van der Waals surface area (Å²) in [6.07, 6.45) is 2.55. The van der Waals surface area contributed by atoms with Gasteiger partial charge in [0.25, 0.3) is 0 Å². The Morgan fingerprint density at radius 3 is 2.33 bits per heavy atom. The van der Waals surface area contributed by atoms with E-state index in [1.54, 1.807) is 7.11 Å². The van der Waals surface area contributed by atoms with Gasteiger partial charge in [0.05, 0.1) is 6.61 Å². The molecule has 1 unspecified atom stereocenters. The van der Waals surface area contributed by atoms with Gasteiger partial charge in [-0.2, -0.15) is 0 Å². The Kier molecular flexibility index (Phi) is 4.91. The first-order valence-electron chi connectivity index (χ1n) is 9.17. The number of carbonyl (C=O) groups is 1. The molecule has 1 saturated carbocycles. The third kappa shape index (κ3) is 3.45. The van der Waals surface area contributed by atoms with Gasteiger partial charge in [-0.15, -0.1) is 0 Å². The van der Waals surface area contributed by atoms with E-state index in [2.05, 4.69) is 18.7 Å². The van der Waals surface area contributed by atoms with E-state index in [-0.39, 0.29) is 24.2 Å². The number of nitrogens with zero attached hydrogens (tertiary/aromatic N) is 2. The normalized spacial score (nSPS) is 30.1. The highest BCUT2D eigenvalue weighted by Crippen LogP contribution is 2.46. The third-order valence-electron chi connectivity index (χ3n) is 6.25. The highest BCUT2D eigenvalue weighted by atomic mass is 19.3. The molecule has 1 amide bonds. The molecule has 0 aromatic rings. The molecule has 6 heteroatoms. The number of rotatable bonds is 4. The quantitative estimate of drug-likeness (QED) is 0.786. The van der Waals surface area contributed by atoms with Crippen LogP contribution in [0, 0.1) is 11.3 Å². The lowest BCUT2D eigenvalue weighted by atomic mass is 9.75. The van der Waals surface area contributed by atoms with Crippen molar-refractivity contribution in [3.63, 3.8) is 0 Å². The Morgan fingerprint density at radius 2 is 1.83 bits per heavy atom. The van der Waals surface area contributed by atoms with Crippen molar-refractivity contribution in [1.82, 2.24) is 9.80 Å². The predicted octanol–water partition coefficient (Wildman–Crippen LogP) is 2.77. The van der Waals surface area contributed by atoms with Crippen molar-refractivity contribution < 1.29 is 18.3 Å². The smallest absolute Gasteiger partial charge is 0.249 e. The number of hydrogen-bond donors (Lipinski definition) is 0. The third-order valence-corrected chi connectivity index (χ3v) is 6.25. The van der Waals surface area contributed by atoms with Gasteiger partial charge in [-0.3, -0.25) is 9.69 Å². The SMILES string of the molecule is COCC1CC2(CCN(C(=O)C3CC(F)(F)C3)CC2)CN1C(C)C. The molecule has 0 N–H and O–H groups in total. The van der Waals surface area contributed by atoms with Gasteiger partial charge in [0.2, 0.25) is 11.8 Å². The van der Waals surface area contributed by atoms with Gasteiger partial charge in [0.1, 0.15) is 0 Å². The zero-order valence-electron chi connectivity index (χ0n) is 15.1. The maximum absolute atomic E-state index is 13.0. The van der Waals surface area contributed by atoms with Crippen molar-refractivity contribution in [2.24, 2.45) is 11.3 Å². The molecule has 2 saturated heterocycles. The van der Waals surface area contributed by atoms with Gasteiger partial charge in [-0.25, -0.2) is 8.78 Å². The fraction of sp³-hybridized carbons (Fsp3) is 0.944. The molecule has 4 nitrogen and oxygen atoms in total. The average molecular weight is 344 g/mol. The zero-order valence-corrected chi connectivity index (χ0v) is 15.1. The van der Waals surface area contributed by atoms with E-state index in [1.807, 2.05) is 4.90 Å². The first kappa shape index (κ1) is 18.1. The van der Waals surface area contributed by atoms with Gasteiger partial charge in [-0.05, 0) is 38.5 Å². The minimum absolute atomic E-state index is 0.0528. The molecule has 3 aliphatic rings. The van der Waals surface area contributed by atoms with Gasteiger partial charge < -0.3 is 9.64 Å². The lowest BCUT2D eigenvalue weighted by Crippen LogP contribution is -2.51. The van der Waals surface area contributed by atoms with Crippen LogP contribution < -0.4 is 0 Å². The summed E-state index contributed by atoms with van der Waals surface area (Å²) >= 11 is 0. The van der Waals surface area contributed by atoms with Crippen molar-refractivity contribution in [1.29, 1.82) is 0 Å². The maximum atomic E-state index is 13.0. The summed E-state index contributed by atoms with van der Waals surface area (Å²) in [5.74, 6) is -3.12. The molecule has 24 heavy (non-hydrogen) atoms. The van der Waals surface area contributed by atoms with Crippen LogP contribution in [0.5, 0.6) is 0 Å². The van der Waals surface area contributed by atoms with Crippen LogP contribution in [0.15, 0.2) is 0 Å². The average Bonchev–Trinajstić information content (AvgIpc) is 2.84. The first-order valence-corrected chi connectivity index (χ1v) is 9.17. The van der Waals surface area contributed by atoms with E-state index in [4.69, 9.17) is 4.74 Å². The Bertz CT molecular complexity index is 468. The number of methoxy groups -OCH3 is 1. The second-order valence-corrected chi connectivity index (χ2v) is 8.37. The minimum Gasteiger partial charge on any atom is -0.383 e. The molecule has 3 rings (SSSR count). The van der Waals surface area contributed by atoms with E-state index in [0.717, 1.165) is 32.4 Å². The summed E-state index contributed by atoms with van der Waals surface area (Å²) in [4.78, 5) is 16.7. The molecule has 0 aromatic heterocycles. The van der Waals surface area contributed by atoms with Crippen molar-refractivity contribution in [3.8, 4) is 0 Å².